The molecular weight excluding hydrogens is 346 g/mol. The quantitative estimate of drug-likeness (QED) is 0.852. The molecule has 0 unspecified atom stereocenters. The second kappa shape index (κ2) is 7.58. The third-order valence-electron chi connectivity index (χ3n) is 5.93. The highest BCUT2D eigenvalue weighted by Crippen LogP contribution is 2.40. The Morgan fingerprint density at radius 3 is 2.37 bits per heavy atom. The molecule has 146 valence electrons. The molecule has 0 aromatic heterocycles. The molecule has 1 atom stereocenters. The van der Waals surface area contributed by atoms with Crippen LogP contribution in [-0.2, 0) is 9.59 Å². The fourth-order valence-electron chi connectivity index (χ4n) is 3.96. The summed E-state index contributed by atoms with van der Waals surface area (Å²) in [7, 11) is 0. The molecule has 7 nitrogen and oxygen atoms in total. The van der Waals surface area contributed by atoms with Gasteiger partial charge in [0.15, 0.2) is 0 Å². The average molecular weight is 373 g/mol. The Hall–Kier alpha value is -2.57. The minimum atomic E-state index is -0.977. The van der Waals surface area contributed by atoms with Crippen LogP contribution in [0, 0.1) is 12.3 Å². The van der Waals surface area contributed by atoms with Crippen molar-refractivity contribution >= 4 is 23.6 Å². The minimum absolute atomic E-state index is 0.0851. The molecule has 2 aliphatic rings. The molecule has 2 aliphatic heterocycles. The number of urea groups is 1. The van der Waals surface area contributed by atoms with Gasteiger partial charge in [-0.05, 0) is 50.7 Å². The number of aliphatic carboxylic acids is 1. The van der Waals surface area contributed by atoms with Gasteiger partial charge in [-0.25, -0.2) is 9.59 Å². The van der Waals surface area contributed by atoms with Gasteiger partial charge in [0.05, 0.1) is 0 Å². The summed E-state index contributed by atoms with van der Waals surface area (Å²) < 4.78 is 0. The molecule has 2 heterocycles. The van der Waals surface area contributed by atoms with Gasteiger partial charge in [0.2, 0.25) is 5.91 Å². The van der Waals surface area contributed by atoms with Crippen LogP contribution in [-0.4, -0.2) is 58.5 Å². The van der Waals surface area contributed by atoms with Gasteiger partial charge in [-0.15, -0.1) is 0 Å². The van der Waals surface area contributed by atoms with E-state index in [4.69, 9.17) is 0 Å². The predicted octanol–water partition coefficient (Wildman–Crippen LogP) is 2.70. The molecule has 0 aliphatic carbocycles. The molecule has 7 heteroatoms. The Morgan fingerprint density at radius 1 is 1.15 bits per heavy atom. The van der Waals surface area contributed by atoms with Crippen LogP contribution in [0.3, 0.4) is 0 Å². The third kappa shape index (κ3) is 4.23. The number of piperidine rings is 2. The van der Waals surface area contributed by atoms with Crippen molar-refractivity contribution in [2.24, 2.45) is 5.41 Å². The summed E-state index contributed by atoms with van der Waals surface area (Å²) in [5.74, 6) is -1.06. The van der Waals surface area contributed by atoms with Crippen molar-refractivity contribution < 1.29 is 19.5 Å². The minimum Gasteiger partial charge on any atom is -0.480 e. The maximum Gasteiger partial charge on any atom is 0.326 e. The molecule has 2 N–H and O–H groups in total. The number of benzene rings is 1. The number of likely N-dealkylation sites (tertiary alicyclic amines) is 2. The van der Waals surface area contributed by atoms with E-state index in [-0.39, 0.29) is 17.4 Å². The molecule has 1 spiro atoms. The highest BCUT2D eigenvalue weighted by atomic mass is 16.4. The number of nitrogens with zero attached hydrogens (tertiary/aromatic N) is 2. The fraction of sp³-hybridized carbons (Fsp3) is 0.550. The van der Waals surface area contributed by atoms with E-state index in [2.05, 4.69) is 5.32 Å². The van der Waals surface area contributed by atoms with Crippen molar-refractivity contribution in [1.82, 2.24) is 9.80 Å². The first-order valence-electron chi connectivity index (χ1n) is 9.45. The SMILES string of the molecule is Cc1ccc(NC(=O)N2CCC3(CCC(=O)N([C@H](C)C(=O)O)C3)CC2)cc1. The summed E-state index contributed by atoms with van der Waals surface area (Å²) in [6.45, 7) is 5.25. The van der Waals surface area contributed by atoms with Gasteiger partial charge in [-0.1, -0.05) is 17.7 Å². The Kier molecular flexibility index (Phi) is 5.39. The lowest BCUT2D eigenvalue weighted by atomic mass is 9.72. The van der Waals surface area contributed by atoms with Crippen LogP contribution in [0.5, 0.6) is 0 Å². The van der Waals surface area contributed by atoms with Crippen LogP contribution < -0.4 is 5.32 Å². The summed E-state index contributed by atoms with van der Waals surface area (Å²) in [4.78, 5) is 39.3. The van der Waals surface area contributed by atoms with E-state index in [0.29, 0.717) is 26.1 Å². The second-order valence-electron chi connectivity index (χ2n) is 7.82. The van der Waals surface area contributed by atoms with Gasteiger partial charge >= 0.3 is 12.0 Å². The molecule has 2 saturated heterocycles. The smallest absolute Gasteiger partial charge is 0.326 e. The fourth-order valence-corrected chi connectivity index (χ4v) is 3.96. The first-order valence-corrected chi connectivity index (χ1v) is 9.45. The number of hydrogen-bond donors (Lipinski definition) is 2. The Morgan fingerprint density at radius 2 is 1.78 bits per heavy atom. The van der Waals surface area contributed by atoms with Crippen LogP contribution in [0.15, 0.2) is 24.3 Å². The van der Waals surface area contributed by atoms with Gasteiger partial charge in [0.1, 0.15) is 6.04 Å². The van der Waals surface area contributed by atoms with Gasteiger partial charge < -0.3 is 20.2 Å². The highest BCUT2D eigenvalue weighted by Gasteiger charge is 2.43. The second-order valence-corrected chi connectivity index (χ2v) is 7.82. The lowest BCUT2D eigenvalue weighted by Gasteiger charge is -2.48. The Bertz CT molecular complexity index is 723. The van der Waals surface area contributed by atoms with Crippen molar-refractivity contribution in [3.63, 3.8) is 0 Å². The standard InChI is InChI=1S/C20H27N3O4/c1-14-3-5-16(6-4-14)21-19(27)22-11-9-20(10-12-22)8-7-17(24)23(13-20)15(2)18(25)26/h3-6,15H,7-13H2,1-2H3,(H,21,27)(H,25,26)/t15-/m1/s1. The largest absolute Gasteiger partial charge is 0.480 e. The van der Waals surface area contributed by atoms with Gasteiger partial charge in [0.25, 0.3) is 0 Å². The van der Waals surface area contributed by atoms with Gasteiger partial charge in [-0.2, -0.15) is 0 Å². The zero-order chi connectivity index (χ0) is 19.6. The van der Waals surface area contributed by atoms with Crippen molar-refractivity contribution in [3.05, 3.63) is 29.8 Å². The summed E-state index contributed by atoms with van der Waals surface area (Å²) in [5.41, 5.74) is 1.83. The maximum atomic E-state index is 12.5. The van der Waals surface area contributed by atoms with Gasteiger partial charge in [-0.3, -0.25) is 4.79 Å². The van der Waals surface area contributed by atoms with E-state index in [1.807, 2.05) is 31.2 Å². The van der Waals surface area contributed by atoms with E-state index in [1.165, 1.54) is 4.90 Å². The normalized spacial score (nSPS) is 20.4. The zero-order valence-corrected chi connectivity index (χ0v) is 15.9. The van der Waals surface area contributed by atoms with Crippen molar-refractivity contribution in [2.45, 2.75) is 45.6 Å². The molecule has 0 saturated carbocycles. The Balaban J connectivity index is 1.59. The van der Waals surface area contributed by atoms with E-state index in [0.717, 1.165) is 30.5 Å². The number of aryl methyl sites for hydroxylation is 1. The number of nitrogens with one attached hydrogen (secondary N) is 1. The van der Waals surface area contributed by atoms with Crippen molar-refractivity contribution in [2.75, 3.05) is 25.0 Å². The number of carbonyl (C=O) groups is 3. The molecule has 3 rings (SSSR count). The lowest BCUT2D eigenvalue weighted by molar-refractivity contribution is -0.154. The van der Waals surface area contributed by atoms with Crippen LogP contribution >= 0.6 is 0 Å². The molecule has 2 fully saturated rings. The third-order valence-corrected chi connectivity index (χ3v) is 5.93. The number of carboxylic acid groups (broad SMARTS) is 1. The van der Waals surface area contributed by atoms with Crippen LogP contribution in [0.4, 0.5) is 10.5 Å². The number of carboxylic acids is 1. The first kappa shape index (κ1) is 19.2. The monoisotopic (exact) mass is 373 g/mol. The van der Waals surface area contributed by atoms with E-state index in [9.17, 15) is 19.5 Å². The molecule has 1 aromatic rings. The van der Waals surface area contributed by atoms with Gasteiger partial charge in [0, 0.05) is 31.7 Å². The molecule has 0 bridgehead atoms. The number of hydrogen-bond acceptors (Lipinski definition) is 3. The van der Waals surface area contributed by atoms with E-state index >= 15 is 0 Å². The molecular formula is C20H27N3O4. The topological polar surface area (TPSA) is 90.0 Å². The zero-order valence-electron chi connectivity index (χ0n) is 15.9. The predicted molar refractivity (Wildman–Crippen MR) is 101 cm³/mol. The average Bonchev–Trinajstić information content (AvgIpc) is 2.65. The molecule has 0 radical (unpaired) electrons. The van der Waals surface area contributed by atoms with E-state index in [1.54, 1.807) is 11.8 Å². The number of rotatable bonds is 3. The van der Waals surface area contributed by atoms with Crippen LogP contribution in [0.25, 0.3) is 0 Å². The van der Waals surface area contributed by atoms with Crippen molar-refractivity contribution in [1.29, 1.82) is 0 Å². The Labute approximate surface area is 159 Å². The summed E-state index contributed by atoms with van der Waals surface area (Å²) in [6, 6.07) is 6.76. The number of amides is 3. The van der Waals surface area contributed by atoms with Crippen LogP contribution in [0.2, 0.25) is 0 Å². The number of anilines is 1. The lowest BCUT2D eigenvalue weighted by Crippen LogP contribution is -2.56. The van der Waals surface area contributed by atoms with Crippen molar-refractivity contribution in [3.8, 4) is 0 Å². The van der Waals surface area contributed by atoms with E-state index < -0.39 is 12.0 Å². The highest BCUT2D eigenvalue weighted by molar-refractivity contribution is 5.89. The summed E-state index contributed by atoms with van der Waals surface area (Å²) in [6.07, 6.45) is 2.71. The van der Waals surface area contributed by atoms with Crippen LogP contribution in [0.1, 0.15) is 38.2 Å². The molecule has 1 aromatic carbocycles. The summed E-state index contributed by atoms with van der Waals surface area (Å²) >= 11 is 0. The maximum absolute atomic E-state index is 12.5. The summed E-state index contributed by atoms with van der Waals surface area (Å²) in [5, 5.41) is 12.2. The first-order chi connectivity index (χ1) is 12.8. The number of carbonyl (C=O) groups excluding carboxylic acids is 2. The molecule has 3 amide bonds. The molecule has 27 heavy (non-hydrogen) atoms.